The van der Waals surface area contributed by atoms with Gasteiger partial charge in [0.2, 0.25) is 0 Å². The Bertz CT molecular complexity index is 502. The first-order valence-corrected chi connectivity index (χ1v) is 8.77. The van der Waals surface area contributed by atoms with Gasteiger partial charge in [-0.05, 0) is 25.1 Å². The lowest BCUT2D eigenvalue weighted by Crippen LogP contribution is -2.38. The second kappa shape index (κ2) is 7.27. The Labute approximate surface area is 121 Å². The van der Waals surface area contributed by atoms with Gasteiger partial charge in [-0.15, -0.1) is 0 Å². The molecule has 0 N–H and O–H groups in total. The van der Waals surface area contributed by atoms with E-state index in [1.54, 1.807) is 6.92 Å². The quantitative estimate of drug-likeness (QED) is 0.777. The van der Waals surface area contributed by atoms with Crippen LogP contribution in [0.5, 0.6) is 0 Å². The Morgan fingerprint density at radius 3 is 2.42 bits per heavy atom. The van der Waals surface area contributed by atoms with Crippen molar-refractivity contribution in [1.29, 1.82) is 0 Å². The predicted octanol–water partition coefficient (Wildman–Crippen LogP) is 2.99. The second-order valence-electron chi connectivity index (χ2n) is 4.70. The van der Waals surface area contributed by atoms with Crippen molar-refractivity contribution >= 4 is 21.4 Å². The summed E-state index contributed by atoms with van der Waals surface area (Å²) >= 11 is 6.15. The van der Waals surface area contributed by atoms with Crippen molar-refractivity contribution in [2.45, 2.75) is 33.4 Å². The molecule has 108 valence electrons. The standard InChI is InChI=1S/C14H22ClNO2S/c1-4-16(12(3)11-19(17,18)5-2)10-13-8-6-7-9-14(13)15/h6-9,12H,4-5,10-11H2,1-3H3. The van der Waals surface area contributed by atoms with Crippen molar-refractivity contribution in [2.75, 3.05) is 18.1 Å². The van der Waals surface area contributed by atoms with Gasteiger partial charge in [-0.1, -0.05) is 43.6 Å². The molecule has 1 rings (SSSR count). The third-order valence-corrected chi connectivity index (χ3v) is 5.53. The van der Waals surface area contributed by atoms with E-state index >= 15 is 0 Å². The molecule has 0 saturated heterocycles. The molecule has 0 radical (unpaired) electrons. The van der Waals surface area contributed by atoms with Crippen LogP contribution in [-0.2, 0) is 16.4 Å². The molecule has 1 atom stereocenters. The molecule has 0 saturated carbocycles. The Hall–Kier alpha value is -0.580. The van der Waals surface area contributed by atoms with Crippen molar-refractivity contribution < 1.29 is 8.42 Å². The maximum atomic E-state index is 11.7. The molecule has 1 aromatic carbocycles. The van der Waals surface area contributed by atoms with Gasteiger partial charge in [-0.25, -0.2) is 8.42 Å². The highest BCUT2D eigenvalue weighted by Gasteiger charge is 2.19. The topological polar surface area (TPSA) is 37.4 Å². The van der Waals surface area contributed by atoms with E-state index in [4.69, 9.17) is 11.6 Å². The van der Waals surface area contributed by atoms with Gasteiger partial charge in [0.25, 0.3) is 0 Å². The van der Waals surface area contributed by atoms with Crippen molar-refractivity contribution in [3.05, 3.63) is 34.9 Å². The molecule has 0 spiro atoms. The van der Waals surface area contributed by atoms with E-state index in [2.05, 4.69) is 4.90 Å². The Balaban J connectivity index is 2.76. The first-order valence-electron chi connectivity index (χ1n) is 6.57. The smallest absolute Gasteiger partial charge is 0.151 e. The average Bonchev–Trinajstić information content (AvgIpc) is 2.37. The lowest BCUT2D eigenvalue weighted by Gasteiger charge is -2.28. The van der Waals surface area contributed by atoms with E-state index in [0.29, 0.717) is 6.54 Å². The summed E-state index contributed by atoms with van der Waals surface area (Å²) in [6, 6.07) is 7.67. The molecule has 0 heterocycles. The summed E-state index contributed by atoms with van der Waals surface area (Å²) < 4.78 is 23.4. The fourth-order valence-electron chi connectivity index (χ4n) is 2.02. The minimum atomic E-state index is -2.95. The zero-order valence-corrected chi connectivity index (χ0v) is 13.3. The minimum Gasteiger partial charge on any atom is -0.296 e. The zero-order chi connectivity index (χ0) is 14.5. The third kappa shape index (κ3) is 5.13. The first-order chi connectivity index (χ1) is 8.89. The lowest BCUT2D eigenvalue weighted by molar-refractivity contribution is 0.226. The van der Waals surface area contributed by atoms with Gasteiger partial charge in [0.05, 0.1) is 5.75 Å². The molecule has 5 heteroatoms. The summed E-state index contributed by atoms with van der Waals surface area (Å²) in [4.78, 5) is 2.13. The van der Waals surface area contributed by atoms with Crippen LogP contribution >= 0.6 is 11.6 Å². The minimum absolute atomic E-state index is 0.00813. The highest BCUT2D eigenvalue weighted by Crippen LogP contribution is 2.18. The van der Waals surface area contributed by atoms with Gasteiger partial charge >= 0.3 is 0 Å². The van der Waals surface area contributed by atoms with E-state index in [1.165, 1.54) is 0 Å². The summed E-state index contributed by atoms with van der Waals surface area (Å²) in [6.07, 6.45) is 0. The van der Waals surface area contributed by atoms with Crippen LogP contribution in [0.3, 0.4) is 0 Å². The molecule has 1 unspecified atom stereocenters. The van der Waals surface area contributed by atoms with Crippen LogP contribution in [-0.4, -0.2) is 37.4 Å². The molecule has 0 amide bonds. The van der Waals surface area contributed by atoms with Crippen LogP contribution in [0, 0.1) is 0 Å². The molecule has 19 heavy (non-hydrogen) atoms. The number of halogens is 1. The lowest BCUT2D eigenvalue weighted by atomic mass is 10.2. The largest absolute Gasteiger partial charge is 0.296 e. The van der Waals surface area contributed by atoms with Gasteiger partial charge < -0.3 is 0 Å². The Morgan fingerprint density at radius 2 is 1.89 bits per heavy atom. The fraction of sp³-hybridized carbons (Fsp3) is 0.571. The highest BCUT2D eigenvalue weighted by molar-refractivity contribution is 7.91. The molecule has 0 aromatic heterocycles. The summed E-state index contributed by atoms with van der Waals surface area (Å²) in [5, 5.41) is 0.728. The molecule has 0 aliphatic rings. The molecule has 0 bridgehead atoms. The third-order valence-electron chi connectivity index (χ3n) is 3.30. The summed E-state index contributed by atoms with van der Waals surface area (Å²) in [7, 11) is -2.95. The van der Waals surface area contributed by atoms with E-state index in [0.717, 1.165) is 17.1 Å². The Morgan fingerprint density at radius 1 is 1.26 bits per heavy atom. The summed E-state index contributed by atoms with van der Waals surface area (Å²) in [5.74, 6) is 0.392. The van der Waals surface area contributed by atoms with Crippen LogP contribution < -0.4 is 0 Å². The fourth-order valence-corrected chi connectivity index (χ4v) is 3.39. The van der Waals surface area contributed by atoms with Crippen LogP contribution in [0.2, 0.25) is 5.02 Å². The zero-order valence-electron chi connectivity index (χ0n) is 11.8. The number of sulfone groups is 1. The maximum Gasteiger partial charge on any atom is 0.151 e. The summed E-state index contributed by atoms with van der Waals surface area (Å²) in [6.45, 7) is 7.15. The van der Waals surface area contributed by atoms with Crippen molar-refractivity contribution in [3.8, 4) is 0 Å². The van der Waals surface area contributed by atoms with Crippen molar-refractivity contribution in [1.82, 2.24) is 4.90 Å². The number of hydrogen-bond acceptors (Lipinski definition) is 3. The Kier molecular flexibility index (Phi) is 6.30. The van der Waals surface area contributed by atoms with Crippen LogP contribution in [0.4, 0.5) is 0 Å². The van der Waals surface area contributed by atoms with E-state index < -0.39 is 9.84 Å². The monoisotopic (exact) mass is 303 g/mol. The molecular formula is C14H22ClNO2S. The van der Waals surface area contributed by atoms with Crippen LogP contribution in [0.25, 0.3) is 0 Å². The van der Waals surface area contributed by atoms with Gasteiger partial charge in [0, 0.05) is 23.4 Å². The van der Waals surface area contributed by atoms with Crippen molar-refractivity contribution in [3.63, 3.8) is 0 Å². The molecule has 0 aliphatic carbocycles. The van der Waals surface area contributed by atoms with Gasteiger partial charge in [-0.3, -0.25) is 4.90 Å². The number of nitrogens with zero attached hydrogens (tertiary/aromatic N) is 1. The summed E-state index contributed by atoms with van der Waals surface area (Å²) in [5.41, 5.74) is 1.03. The van der Waals surface area contributed by atoms with E-state index in [-0.39, 0.29) is 17.5 Å². The van der Waals surface area contributed by atoms with Gasteiger partial charge in [0.1, 0.15) is 0 Å². The molecule has 0 fully saturated rings. The number of benzene rings is 1. The molecule has 1 aromatic rings. The first kappa shape index (κ1) is 16.5. The number of hydrogen-bond donors (Lipinski definition) is 0. The van der Waals surface area contributed by atoms with Crippen LogP contribution in [0.1, 0.15) is 26.3 Å². The maximum absolute atomic E-state index is 11.7. The molecular weight excluding hydrogens is 282 g/mol. The van der Waals surface area contributed by atoms with Gasteiger partial charge in [0.15, 0.2) is 9.84 Å². The van der Waals surface area contributed by atoms with E-state index in [9.17, 15) is 8.42 Å². The highest BCUT2D eigenvalue weighted by atomic mass is 35.5. The van der Waals surface area contributed by atoms with Crippen molar-refractivity contribution in [2.24, 2.45) is 0 Å². The van der Waals surface area contributed by atoms with E-state index in [1.807, 2.05) is 38.1 Å². The van der Waals surface area contributed by atoms with Crippen LogP contribution in [0.15, 0.2) is 24.3 Å². The SMILES string of the molecule is CCN(Cc1ccccc1Cl)C(C)CS(=O)(=O)CC. The molecule has 0 aliphatic heterocycles. The second-order valence-corrected chi connectivity index (χ2v) is 7.51. The number of rotatable bonds is 7. The normalized spacial score (nSPS) is 13.7. The average molecular weight is 304 g/mol. The van der Waals surface area contributed by atoms with Gasteiger partial charge in [-0.2, -0.15) is 0 Å². The predicted molar refractivity (Wildman–Crippen MR) is 81.3 cm³/mol. The molecule has 3 nitrogen and oxygen atoms in total.